The number of hydrogen-bond donors (Lipinski definition) is 1. The van der Waals surface area contributed by atoms with Crippen LogP contribution in [0, 0.1) is 0 Å². The SMILES string of the molecule is NCc1cn(CCOC2CCOC2)nn1. The summed E-state index contributed by atoms with van der Waals surface area (Å²) in [7, 11) is 0. The van der Waals surface area contributed by atoms with E-state index in [-0.39, 0.29) is 6.10 Å². The van der Waals surface area contributed by atoms with Crippen molar-refractivity contribution in [2.24, 2.45) is 5.73 Å². The van der Waals surface area contributed by atoms with Crippen molar-refractivity contribution in [2.45, 2.75) is 25.6 Å². The average Bonchev–Trinajstić information content (AvgIpc) is 2.88. The van der Waals surface area contributed by atoms with Gasteiger partial charge >= 0.3 is 0 Å². The first-order chi connectivity index (χ1) is 7.38. The van der Waals surface area contributed by atoms with Gasteiger partial charge in [0.15, 0.2) is 0 Å². The largest absolute Gasteiger partial charge is 0.379 e. The van der Waals surface area contributed by atoms with Crippen LogP contribution in [0.5, 0.6) is 0 Å². The number of aromatic nitrogens is 3. The fraction of sp³-hybridized carbons (Fsp3) is 0.778. The van der Waals surface area contributed by atoms with E-state index >= 15 is 0 Å². The van der Waals surface area contributed by atoms with Gasteiger partial charge in [-0.15, -0.1) is 5.10 Å². The van der Waals surface area contributed by atoms with Crippen LogP contribution in [-0.2, 0) is 22.6 Å². The number of ether oxygens (including phenoxy) is 2. The Morgan fingerprint density at radius 3 is 3.27 bits per heavy atom. The first kappa shape index (κ1) is 10.5. The fourth-order valence-corrected chi connectivity index (χ4v) is 1.50. The molecule has 1 aliphatic rings. The minimum Gasteiger partial charge on any atom is -0.379 e. The molecule has 2 N–H and O–H groups in total. The van der Waals surface area contributed by atoms with Gasteiger partial charge in [0, 0.05) is 19.3 Å². The van der Waals surface area contributed by atoms with Crippen molar-refractivity contribution in [2.75, 3.05) is 19.8 Å². The van der Waals surface area contributed by atoms with Gasteiger partial charge in [0.2, 0.25) is 0 Å². The van der Waals surface area contributed by atoms with Gasteiger partial charge in [0.1, 0.15) is 0 Å². The lowest BCUT2D eigenvalue weighted by Crippen LogP contribution is -2.16. The van der Waals surface area contributed by atoms with E-state index in [1.54, 1.807) is 4.68 Å². The molecule has 15 heavy (non-hydrogen) atoms. The molecule has 0 bridgehead atoms. The van der Waals surface area contributed by atoms with Crippen molar-refractivity contribution < 1.29 is 9.47 Å². The summed E-state index contributed by atoms with van der Waals surface area (Å²) in [6, 6.07) is 0. The van der Waals surface area contributed by atoms with Crippen molar-refractivity contribution >= 4 is 0 Å². The van der Waals surface area contributed by atoms with Crippen LogP contribution < -0.4 is 5.73 Å². The number of nitrogens with zero attached hydrogens (tertiary/aromatic N) is 3. The maximum absolute atomic E-state index is 5.60. The highest BCUT2D eigenvalue weighted by atomic mass is 16.5. The standard InChI is InChI=1S/C9H16N4O2/c10-5-8-6-13(12-11-8)2-4-15-9-1-3-14-7-9/h6,9H,1-5,7,10H2. The smallest absolute Gasteiger partial charge is 0.0962 e. The minimum atomic E-state index is 0.252. The topological polar surface area (TPSA) is 75.2 Å². The summed E-state index contributed by atoms with van der Waals surface area (Å²) in [5.74, 6) is 0. The van der Waals surface area contributed by atoms with Crippen LogP contribution in [0.1, 0.15) is 12.1 Å². The molecule has 0 aliphatic carbocycles. The molecule has 0 radical (unpaired) electrons. The normalized spacial score (nSPS) is 21.0. The molecular formula is C9H16N4O2. The first-order valence-corrected chi connectivity index (χ1v) is 5.17. The predicted molar refractivity (Wildman–Crippen MR) is 53.1 cm³/mol. The molecule has 1 aliphatic heterocycles. The van der Waals surface area contributed by atoms with E-state index in [1.165, 1.54) is 0 Å². The summed E-state index contributed by atoms with van der Waals surface area (Å²) in [4.78, 5) is 0. The molecule has 1 unspecified atom stereocenters. The molecule has 1 aromatic heterocycles. The summed E-state index contributed by atoms with van der Waals surface area (Å²) in [5.41, 5.74) is 6.23. The van der Waals surface area contributed by atoms with Gasteiger partial charge in [0.25, 0.3) is 0 Å². The second kappa shape index (κ2) is 5.20. The molecule has 1 saturated heterocycles. The molecule has 2 heterocycles. The maximum atomic E-state index is 5.60. The highest BCUT2D eigenvalue weighted by Crippen LogP contribution is 2.07. The van der Waals surface area contributed by atoms with Crippen LogP contribution in [-0.4, -0.2) is 40.9 Å². The molecule has 2 rings (SSSR count). The molecule has 0 aromatic carbocycles. The molecular weight excluding hydrogens is 196 g/mol. The zero-order chi connectivity index (χ0) is 10.5. The Morgan fingerprint density at radius 1 is 1.67 bits per heavy atom. The van der Waals surface area contributed by atoms with E-state index in [2.05, 4.69) is 10.3 Å². The van der Waals surface area contributed by atoms with Crippen molar-refractivity contribution in [3.63, 3.8) is 0 Å². The number of hydrogen-bond acceptors (Lipinski definition) is 5. The van der Waals surface area contributed by atoms with Crippen molar-refractivity contribution in [1.29, 1.82) is 0 Å². The Morgan fingerprint density at radius 2 is 2.60 bits per heavy atom. The predicted octanol–water partition coefficient (Wildman–Crippen LogP) is -0.458. The molecule has 0 spiro atoms. The highest BCUT2D eigenvalue weighted by molar-refractivity contribution is 4.90. The summed E-state index contributed by atoms with van der Waals surface area (Å²) in [6.07, 6.45) is 3.09. The third kappa shape index (κ3) is 2.98. The molecule has 6 heteroatoms. The molecule has 1 fully saturated rings. The van der Waals surface area contributed by atoms with Crippen molar-refractivity contribution in [3.05, 3.63) is 11.9 Å². The zero-order valence-corrected chi connectivity index (χ0v) is 8.63. The lowest BCUT2D eigenvalue weighted by molar-refractivity contribution is 0.0369. The van der Waals surface area contributed by atoms with E-state index < -0.39 is 0 Å². The van der Waals surface area contributed by atoms with Crippen LogP contribution in [0.4, 0.5) is 0 Å². The Bertz CT molecular complexity index is 296. The Balaban J connectivity index is 1.68. The lowest BCUT2D eigenvalue weighted by Gasteiger charge is -2.08. The Labute approximate surface area is 88.3 Å². The van der Waals surface area contributed by atoms with Crippen molar-refractivity contribution in [1.82, 2.24) is 15.0 Å². The second-order valence-corrected chi connectivity index (χ2v) is 3.53. The van der Waals surface area contributed by atoms with Gasteiger partial charge in [-0.2, -0.15) is 0 Å². The zero-order valence-electron chi connectivity index (χ0n) is 8.63. The van der Waals surface area contributed by atoms with Crippen LogP contribution >= 0.6 is 0 Å². The van der Waals surface area contributed by atoms with Crippen LogP contribution in [0.15, 0.2) is 6.20 Å². The summed E-state index contributed by atoms with van der Waals surface area (Å²) < 4.78 is 12.6. The van der Waals surface area contributed by atoms with Gasteiger partial charge in [-0.25, -0.2) is 4.68 Å². The van der Waals surface area contributed by atoms with E-state index in [0.29, 0.717) is 26.3 Å². The Hall–Kier alpha value is -0.980. The van der Waals surface area contributed by atoms with E-state index in [1.807, 2.05) is 6.20 Å². The van der Waals surface area contributed by atoms with E-state index in [9.17, 15) is 0 Å². The van der Waals surface area contributed by atoms with Crippen LogP contribution in [0.2, 0.25) is 0 Å². The van der Waals surface area contributed by atoms with Crippen LogP contribution in [0.25, 0.3) is 0 Å². The quantitative estimate of drug-likeness (QED) is 0.715. The fourth-order valence-electron chi connectivity index (χ4n) is 1.50. The third-order valence-corrected chi connectivity index (χ3v) is 2.36. The Kier molecular flexibility index (Phi) is 3.65. The van der Waals surface area contributed by atoms with Crippen molar-refractivity contribution in [3.8, 4) is 0 Å². The van der Waals surface area contributed by atoms with Crippen LogP contribution in [0.3, 0.4) is 0 Å². The van der Waals surface area contributed by atoms with Gasteiger partial charge in [-0.1, -0.05) is 5.21 Å². The minimum absolute atomic E-state index is 0.252. The lowest BCUT2D eigenvalue weighted by atomic mass is 10.3. The van der Waals surface area contributed by atoms with Gasteiger partial charge in [0.05, 0.1) is 31.6 Å². The van der Waals surface area contributed by atoms with Gasteiger partial charge < -0.3 is 15.2 Å². The molecule has 0 amide bonds. The summed E-state index contributed by atoms with van der Waals surface area (Å²) >= 11 is 0. The highest BCUT2D eigenvalue weighted by Gasteiger charge is 2.15. The first-order valence-electron chi connectivity index (χ1n) is 5.17. The summed E-state index contributed by atoms with van der Waals surface area (Å²) in [5, 5.41) is 7.82. The monoisotopic (exact) mass is 212 g/mol. The van der Waals surface area contributed by atoms with Gasteiger partial charge in [-0.05, 0) is 6.42 Å². The molecule has 0 saturated carbocycles. The number of rotatable bonds is 5. The second-order valence-electron chi connectivity index (χ2n) is 3.53. The molecule has 1 atom stereocenters. The summed E-state index contributed by atoms with van der Waals surface area (Å²) in [6.45, 7) is 3.30. The average molecular weight is 212 g/mol. The maximum Gasteiger partial charge on any atom is 0.0962 e. The molecule has 6 nitrogen and oxygen atoms in total. The number of nitrogens with two attached hydrogens (primary N) is 1. The van der Waals surface area contributed by atoms with E-state index in [0.717, 1.165) is 18.7 Å². The molecule has 84 valence electrons. The third-order valence-electron chi connectivity index (χ3n) is 2.36. The molecule has 1 aromatic rings. The van der Waals surface area contributed by atoms with E-state index in [4.69, 9.17) is 15.2 Å². The van der Waals surface area contributed by atoms with Gasteiger partial charge in [-0.3, -0.25) is 0 Å².